The van der Waals surface area contributed by atoms with Crippen LogP contribution in [-0.4, -0.2) is 42.0 Å². The van der Waals surface area contributed by atoms with Crippen LogP contribution in [0, 0.1) is 0 Å². The molecule has 0 fully saturated rings. The standard InChI is InChI=1S/C7H15IN2O2/c1-6(8)7(11)9-12-5-4-10(2)3/h6H,4-5H2,1-3H3,(H,9,11). The normalized spacial score (nSPS) is 13.1. The van der Waals surface area contributed by atoms with Crippen molar-refractivity contribution >= 4 is 28.5 Å². The van der Waals surface area contributed by atoms with Crippen molar-refractivity contribution in [2.45, 2.75) is 10.8 Å². The lowest BCUT2D eigenvalue weighted by molar-refractivity contribution is -0.132. The molecule has 1 unspecified atom stereocenters. The maximum Gasteiger partial charge on any atom is 0.256 e. The summed E-state index contributed by atoms with van der Waals surface area (Å²) in [6.07, 6.45) is 0. The number of hydrogen-bond donors (Lipinski definition) is 1. The first kappa shape index (κ1) is 12.1. The Kier molecular flexibility index (Phi) is 6.68. The number of carbonyl (C=O) groups is 1. The van der Waals surface area contributed by atoms with Gasteiger partial charge < -0.3 is 4.90 Å². The van der Waals surface area contributed by atoms with E-state index in [0.29, 0.717) is 6.61 Å². The van der Waals surface area contributed by atoms with Crippen LogP contribution in [-0.2, 0) is 9.63 Å². The lowest BCUT2D eigenvalue weighted by atomic mass is 10.5. The molecule has 72 valence electrons. The van der Waals surface area contributed by atoms with Crippen molar-refractivity contribution in [2.24, 2.45) is 0 Å². The monoisotopic (exact) mass is 286 g/mol. The topological polar surface area (TPSA) is 41.6 Å². The fourth-order valence-corrected chi connectivity index (χ4v) is 0.559. The summed E-state index contributed by atoms with van der Waals surface area (Å²) in [7, 11) is 3.90. The Morgan fingerprint density at radius 1 is 1.67 bits per heavy atom. The van der Waals surface area contributed by atoms with Gasteiger partial charge in [0.2, 0.25) is 0 Å². The van der Waals surface area contributed by atoms with Gasteiger partial charge >= 0.3 is 0 Å². The van der Waals surface area contributed by atoms with Gasteiger partial charge in [-0.3, -0.25) is 9.63 Å². The molecule has 0 bridgehead atoms. The van der Waals surface area contributed by atoms with Gasteiger partial charge in [-0.15, -0.1) is 0 Å². The fraction of sp³-hybridized carbons (Fsp3) is 0.857. The van der Waals surface area contributed by atoms with E-state index in [1.54, 1.807) is 0 Å². The van der Waals surface area contributed by atoms with Gasteiger partial charge in [-0.1, -0.05) is 22.6 Å². The Morgan fingerprint density at radius 2 is 2.25 bits per heavy atom. The molecule has 0 radical (unpaired) electrons. The van der Waals surface area contributed by atoms with Crippen molar-refractivity contribution in [3.05, 3.63) is 0 Å². The molecule has 0 aliphatic rings. The molecule has 0 aliphatic carbocycles. The molecule has 12 heavy (non-hydrogen) atoms. The first-order valence-corrected chi connectivity index (χ1v) is 4.99. The van der Waals surface area contributed by atoms with Crippen LogP contribution in [0.15, 0.2) is 0 Å². The third-order valence-corrected chi connectivity index (χ3v) is 1.74. The zero-order valence-corrected chi connectivity index (χ0v) is 9.79. The molecular weight excluding hydrogens is 271 g/mol. The van der Waals surface area contributed by atoms with Crippen LogP contribution in [0.1, 0.15) is 6.92 Å². The van der Waals surface area contributed by atoms with Gasteiger partial charge in [-0.2, -0.15) is 0 Å². The van der Waals surface area contributed by atoms with Gasteiger partial charge in [0.25, 0.3) is 5.91 Å². The first-order valence-electron chi connectivity index (χ1n) is 3.74. The SMILES string of the molecule is CC(I)C(=O)NOCCN(C)C. The van der Waals surface area contributed by atoms with Crippen LogP contribution >= 0.6 is 22.6 Å². The van der Waals surface area contributed by atoms with Crippen LogP contribution in [0.25, 0.3) is 0 Å². The molecule has 0 heterocycles. The molecule has 1 atom stereocenters. The fourth-order valence-electron chi connectivity index (χ4n) is 0.432. The summed E-state index contributed by atoms with van der Waals surface area (Å²) in [5.41, 5.74) is 2.36. The highest BCUT2D eigenvalue weighted by molar-refractivity contribution is 14.1. The third kappa shape index (κ3) is 6.81. The largest absolute Gasteiger partial charge is 0.307 e. The number of hydrogen-bond acceptors (Lipinski definition) is 3. The Balaban J connectivity index is 3.26. The van der Waals surface area contributed by atoms with Gasteiger partial charge in [0, 0.05) is 6.54 Å². The van der Waals surface area contributed by atoms with E-state index in [1.165, 1.54) is 0 Å². The van der Waals surface area contributed by atoms with E-state index in [9.17, 15) is 4.79 Å². The summed E-state index contributed by atoms with van der Waals surface area (Å²) < 4.78 is -0.0537. The lowest BCUT2D eigenvalue weighted by Crippen LogP contribution is -2.32. The Bertz CT molecular complexity index is 139. The molecule has 0 aromatic carbocycles. The highest BCUT2D eigenvalue weighted by atomic mass is 127. The molecule has 0 saturated heterocycles. The molecule has 0 aromatic heterocycles. The van der Waals surface area contributed by atoms with E-state index in [4.69, 9.17) is 4.84 Å². The highest BCUT2D eigenvalue weighted by Crippen LogP contribution is 1.96. The molecule has 1 amide bonds. The summed E-state index contributed by atoms with van der Waals surface area (Å²) in [5.74, 6) is -0.0886. The molecule has 0 aliphatic heterocycles. The summed E-state index contributed by atoms with van der Waals surface area (Å²) >= 11 is 2.03. The molecule has 0 saturated carbocycles. The second-order valence-corrected chi connectivity index (χ2v) is 4.60. The van der Waals surface area contributed by atoms with Crippen LogP contribution in [0.5, 0.6) is 0 Å². The van der Waals surface area contributed by atoms with Gasteiger partial charge in [-0.25, -0.2) is 5.48 Å². The number of nitrogens with one attached hydrogen (secondary N) is 1. The summed E-state index contributed by atoms with van der Waals surface area (Å²) in [6.45, 7) is 3.13. The van der Waals surface area contributed by atoms with Gasteiger partial charge in [0.1, 0.15) is 0 Å². The average molecular weight is 286 g/mol. The van der Waals surface area contributed by atoms with E-state index in [0.717, 1.165) is 6.54 Å². The van der Waals surface area contributed by atoms with E-state index >= 15 is 0 Å². The van der Waals surface area contributed by atoms with E-state index in [1.807, 2.05) is 48.5 Å². The van der Waals surface area contributed by atoms with Crippen molar-refractivity contribution in [3.8, 4) is 0 Å². The molecule has 1 N–H and O–H groups in total. The summed E-state index contributed by atoms with van der Waals surface area (Å²) in [6, 6.07) is 0. The second kappa shape index (κ2) is 6.62. The van der Waals surface area contributed by atoms with Crippen molar-refractivity contribution in [3.63, 3.8) is 0 Å². The minimum atomic E-state index is -0.0886. The minimum Gasteiger partial charge on any atom is -0.307 e. The van der Waals surface area contributed by atoms with Crippen molar-refractivity contribution in [2.75, 3.05) is 27.2 Å². The van der Waals surface area contributed by atoms with E-state index < -0.39 is 0 Å². The molecule has 0 spiro atoms. The smallest absolute Gasteiger partial charge is 0.256 e. The number of halogens is 1. The van der Waals surface area contributed by atoms with E-state index in [-0.39, 0.29) is 9.83 Å². The highest BCUT2D eigenvalue weighted by Gasteiger charge is 2.06. The summed E-state index contributed by atoms with van der Waals surface area (Å²) in [5, 5.41) is 0. The predicted molar refractivity (Wildman–Crippen MR) is 56.1 cm³/mol. The van der Waals surface area contributed by atoms with Crippen molar-refractivity contribution in [1.82, 2.24) is 10.4 Å². The number of amides is 1. The quantitative estimate of drug-likeness (QED) is 0.345. The molecule has 0 aromatic rings. The van der Waals surface area contributed by atoms with Crippen LogP contribution in [0.3, 0.4) is 0 Å². The van der Waals surface area contributed by atoms with Crippen LogP contribution in [0.2, 0.25) is 0 Å². The predicted octanol–water partition coefficient (Wildman–Crippen LogP) is 0.419. The molecule has 4 nitrogen and oxygen atoms in total. The number of rotatable bonds is 5. The number of carbonyl (C=O) groups excluding carboxylic acids is 1. The van der Waals surface area contributed by atoms with E-state index in [2.05, 4.69) is 5.48 Å². The maximum atomic E-state index is 10.9. The Morgan fingerprint density at radius 3 is 2.67 bits per heavy atom. The molecular formula is C7H15IN2O2. The van der Waals surface area contributed by atoms with Gasteiger partial charge in [0.05, 0.1) is 10.5 Å². The first-order chi connectivity index (χ1) is 5.54. The number of alkyl halides is 1. The van der Waals surface area contributed by atoms with Crippen molar-refractivity contribution in [1.29, 1.82) is 0 Å². The Labute approximate surface area is 86.7 Å². The minimum absolute atomic E-state index is 0.0537. The average Bonchev–Trinajstić information content (AvgIpc) is 1.97. The summed E-state index contributed by atoms with van der Waals surface area (Å²) in [4.78, 5) is 17.8. The lowest BCUT2D eigenvalue weighted by Gasteiger charge is -2.10. The maximum absolute atomic E-state index is 10.9. The van der Waals surface area contributed by atoms with Crippen molar-refractivity contribution < 1.29 is 9.63 Å². The zero-order valence-electron chi connectivity index (χ0n) is 7.63. The zero-order chi connectivity index (χ0) is 9.56. The second-order valence-electron chi connectivity index (χ2n) is 2.73. The molecule has 0 rings (SSSR count). The number of nitrogens with zero attached hydrogens (tertiary/aromatic N) is 1. The van der Waals surface area contributed by atoms with Gasteiger partial charge in [0.15, 0.2) is 0 Å². The number of likely N-dealkylation sites (N-methyl/N-ethyl adjacent to an activating group) is 1. The van der Waals surface area contributed by atoms with Crippen LogP contribution in [0.4, 0.5) is 0 Å². The number of hydroxylamine groups is 1. The Hall–Kier alpha value is 0.120. The van der Waals surface area contributed by atoms with Gasteiger partial charge in [-0.05, 0) is 21.0 Å². The third-order valence-electron chi connectivity index (χ3n) is 1.17. The molecule has 5 heteroatoms. The van der Waals surface area contributed by atoms with Crippen LogP contribution < -0.4 is 5.48 Å².